The lowest BCUT2D eigenvalue weighted by molar-refractivity contribution is -0.380. The van der Waals surface area contributed by atoms with Crippen molar-refractivity contribution in [2.75, 3.05) is 5.32 Å². The maximum Gasteiger partial charge on any atom is 0.324 e. The van der Waals surface area contributed by atoms with Gasteiger partial charge in [0.05, 0.1) is 32.4 Å². The van der Waals surface area contributed by atoms with Gasteiger partial charge in [-0.25, -0.2) is 14.6 Å². The fourth-order valence-electron chi connectivity index (χ4n) is 4.12. The van der Waals surface area contributed by atoms with Crippen molar-refractivity contribution < 1.29 is 9.72 Å². The zero-order chi connectivity index (χ0) is 23.8. The quantitative estimate of drug-likeness (QED) is 0.238. The van der Waals surface area contributed by atoms with E-state index < -0.39 is 10.8 Å². The molecule has 12 heteroatoms. The van der Waals surface area contributed by atoms with E-state index in [0.717, 1.165) is 37.0 Å². The van der Waals surface area contributed by atoms with Gasteiger partial charge in [0, 0.05) is 16.7 Å². The zero-order valence-electron chi connectivity index (χ0n) is 17.7. The number of aromatic nitrogens is 4. The molecule has 1 aliphatic rings. The van der Waals surface area contributed by atoms with E-state index in [4.69, 9.17) is 28.2 Å². The fourth-order valence-corrected chi connectivity index (χ4v) is 5.33. The molecule has 0 radical (unpaired) electrons. The summed E-state index contributed by atoms with van der Waals surface area (Å²) in [6, 6.07) is 7.94. The SMILES string of the molecule is O=C(Nc1nc(-c2ccc(Cl)cc2Cl)nc2c1cnn2C1CCCCC1)c1ccc([N+](=O)[O-])s1. The van der Waals surface area contributed by atoms with Gasteiger partial charge in [-0.1, -0.05) is 53.8 Å². The predicted molar refractivity (Wildman–Crippen MR) is 132 cm³/mol. The third kappa shape index (κ3) is 4.36. The summed E-state index contributed by atoms with van der Waals surface area (Å²) < 4.78 is 1.90. The third-order valence-electron chi connectivity index (χ3n) is 5.77. The number of nitro groups is 1. The molecule has 3 heterocycles. The Labute approximate surface area is 207 Å². The third-order valence-corrected chi connectivity index (χ3v) is 7.36. The summed E-state index contributed by atoms with van der Waals surface area (Å²) >= 11 is 13.3. The summed E-state index contributed by atoms with van der Waals surface area (Å²) in [6.45, 7) is 0. The highest BCUT2D eigenvalue weighted by Gasteiger charge is 2.24. The second-order valence-electron chi connectivity index (χ2n) is 7.99. The molecule has 0 bridgehead atoms. The summed E-state index contributed by atoms with van der Waals surface area (Å²) in [4.78, 5) is 32.9. The lowest BCUT2D eigenvalue weighted by Crippen LogP contribution is -2.16. The van der Waals surface area contributed by atoms with Gasteiger partial charge in [0.15, 0.2) is 11.5 Å². The maximum atomic E-state index is 12.9. The summed E-state index contributed by atoms with van der Waals surface area (Å²) in [5, 5.41) is 19.7. The Kier molecular flexibility index (Phi) is 6.20. The molecule has 1 saturated carbocycles. The van der Waals surface area contributed by atoms with E-state index in [-0.39, 0.29) is 21.7 Å². The number of benzene rings is 1. The molecule has 1 N–H and O–H groups in total. The van der Waals surface area contributed by atoms with E-state index in [0.29, 0.717) is 32.5 Å². The lowest BCUT2D eigenvalue weighted by atomic mass is 9.96. The normalized spacial score (nSPS) is 14.4. The molecular formula is C22H18Cl2N6O3S. The molecule has 0 atom stereocenters. The van der Waals surface area contributed by atoms with Gasteiger partial charge in [0.2, 0.25) is 0 Å². The maximum absolute atomic E-state index is 12.9. The summed E-state index contributed by atoms with van der Waals surface area (Å²) in [5.74, 6) is 0.0741. The van der Waals surface area contributed by atoms with Gasteiger partial charge in [-0.05, 0) is 37.1 Å². The number of carbonyl (C=O) groups is 1. The molecule has 1 aliphatic carbocycles. The first kappa shape index (κ1) is 22.7. The molecule has 0 aliphatic heterocycles. The van der Waals surface area contributed by atoms with Crippen LogP contribution in [0.3, 0.4) is 0 Å². The molecule has 1 fully saturated rings. The van der Waals surface area contributed by atoms with E-state index in [2.05, 4.69) is 15.4 Å². The van der Waals surface area contributed by atoms with Crippen LogP contribution in [0.2, 0.25) is 10.0 Å². The van der Waals surface area contributed by atoms with Crippen LogP contribution in [-0.2, 0) is 0 Å². The summed E-state index contributed by atoms with van der Waals surface area (Å²) in [7, 11) is 0. The van der Waals surface area contributed by atoms with Crippen LogP contribution in [0.4, 0.5) is 10.8 Å². The second-order valence-corrected chi connectivity index (χ2v) is 9.89. The van der Waals surface area contributed by atoms with Crippen LogP contribution < -0.4 is 5.32 Å². The van der Waals surface area contributed by atoms with Crippen LogP contribution in [0.25, 0.3) is 22.4 Å². The van der Waals surface area contributed by atoms with Gasteiger partial charge in [-0.2, -0.15) is 5.10 Å². The summed E-state index contributed by atoms with van der Waals surface area (Å²) in [5.41, 5.74) is 1.15. The van der Waals surface area contributed by atoms with Gasteiger partial charge in [-0.15, -0.1) is 0 Å². The van der Waals surface area contributed by atoms with Gasteiger partial charge >= 0.3 is 5.00 Å². The highest BCUT2D eigenvalue weighted by Crippen LogP contribution is 2.35. The van der Waals surface area contributed by atoms with E-state index >= 15 is 0 Å². The number of fused-ring (bicyclic) bond motifs is 1. The molecule has 0 saturated heterocycles. The number of nitrogens with zero attached hydrogens (tertiary/aromatic N) is 5. The fraction of sp³-hybridized carbons (Fsp3) is 0.273. The Balaban J connectivity index is 1.60. The first-order valence-electron chi connectivity index (χ1n) is 10.7. The Morgan fingerprint density at radius 3 is 2.65 bits per heavy atom. The highest BCUT2D eigenvalue weighted by molar-refractivity contribution is 7.17. The van der Waals surface area contributed by atoms with Crippen LogP contribution >= 0.6 is 34.5 Å². The summed E-state index contributed by atoms with van der Waals surface area (Å²) in [6.07, 6.45) is 7.08. The largest absolute Gasteiger partial charge is 0.324 e. The molecule has 34 heavy (non-hydrogen) atoms. The van der Waals surface area contributed by atoms with Gasteiger partial charge < -0.3 is 5.32 Å². The number of thiophene rings is 1. The minimum absolute atomic E-state index is 0.114. The number of hydrogen-bond donors (Lipinski definition) is 1. The Morgan fingerprint density at radius 1 is 1.15 bits per heavy atom. The molecule has 4 aromatic rings. The number of amides is 1. The topological polar surface area (TPSA) is 116 Å². The smallest absolute Gasteiger partial charge is 0.305 e. The van der Waals surface area contributed by atoms with Crippen molar-refractivity contribution in [2.45, 2.75) is 38.1 Å². The molecule has 0 spiro atoms. The van der Waals surface area contributed by atoms with Crippen LogP contribution in [-0.4, -0.2) is 30.6 Å². The van der Waals surface area contributed by atoms with Gasteiger partial charge in [-0.3, -0.25) is 14.9 Å². The first-order valence-corrected chi connectivity index (χ1v) is 12.2. The molecule has 0 unspecified atom stereocenters. The van der Waals surface area contributed by atoms with Gasteiger partial charge in [0.1, 0.15) is 5.82 Å². The Morgan fingerprint density at radius 2 is 1.94 bits per heavy atom. The number of anilines is 1. The number of nitrogens with one attached hydrogen (secondary N) is 1. The van der Waals surface area contributed by atoms with Crippen molar-refractivity contribution in [1.29, 1.82) is 0 Å². The minimum atomic E-state index is -0.529. The molecule has 9 nitrogen and oxygen atoms in total. The van der Waals surface area contributed by atoms with Crippen molar-refractivity contribution in [3.05, 3.63) is 61.6 Å². The van der Waals surface area contributed by atoms with Crippen LogP contribution in [0.15, 0.2) is 36.5 Å². The van der Waals surface area contributed by atoms with Crippen LogP contribution in [0.5, 0.6) is 0 Å². The molecule has 5 rings (SSSR count). The van der Waals surface area contributed by atoms with Crippen molar-refractivity contribution >= 4 is 62.3 Å². The zero-order valence-corrected chi connectivity index (χ0v) is 20.0. The molecule has 174 valence electrons. The van der Waals surface area contributed by atoms with E-state index in [1.165, 1.54) is 18.6 Å². The van der Waals surface area contributed by atoms with E-state index in [1.54, 1.807) is 24.4 Å². The molecule has 3 aromatic heterocycles. The minimum Gasteiger partial charge on any atom is -0.305 e. The molecule has 1 aromatic carbocycles. The van der Waals surface area contributed by atoms with Crippen LogP contribution in [0.1, 0.15) is 47.8 Å². The second kappa shape index (κ2) is 9.28. The average molecular weight is 517 g/mol. The number of hydrogen-bond acceptors (Lipinski definition) is 7. The first-order chi connectivity index (χ1) is 16.4. The molecular weight excluding hydrogens is 499 g/mol. The Bertz CT molecular complexity index is 1410. The van der Waals surface area contributed by atoms with Crippen molar-refractivity contribution in [3.8, 4) is 11.4 Å². The van der Waals surface area contributed by atoms with E-state index in [1.807, 2.05) is 4.68 Å². The van der Waals surface area contributed by atoms with Crippen molar-refractivity contribution in [3.63, 3.8) is 0 Å². The van der Waals surface area contributed by atoms with E-state index in [9.17, 15) is 14.9 Å². The van der Waals surface area contributed by atoms with Crippen LogP contribution in [0, 0.1) is 10.1 Å². The predicted octanol–water partition coefficient (Wildman–Crippen LogP) is 6.53. The number of carbonyl (C=O) groups excluding carboxylic acids is 1. The Hall–Kier alpha value is -3.08. The number of rotatable bonds is 5. The van der Waals surface area contributed by atoms with Crippen molar-refractivity contribution in [2.24, 2.45) is 0 Å². The number of halogens is 2. The van der Waals surface area contributed by atoms with Crippen molar-refractivity contribution in [1.82, 2.24) is 19.7 Å². The molecule has 1 amide bonds. The standard InChI is InChI=1S/C22H18Cl2N6O3S/c23-12-6-7-14(16(24)10-12)19-26-20(28-22(31)17-8-9-18(34-17)30(32)33)15-11-25-29(21(15)27-19)13-4-2-1-3-5-13/h6-11,13H,1-5H2,(H,26,27,28,31). The van der Waals surface area contributed by atoms with Gasteiger partial charge in [0.25, 0.3) is 5.91 Å². The highest BCUT2D eigenvalue weighted by atomic mass is 35.5. The lowest BCUT2D eigenvalue weighted by Gasteiger charge is -2.22. The monoisotopic (exact) mass is 516 g/mol. The average Bonchev–Trinajstić information content (AvgIpc) is 3.48.